The molecule has 3 heterocycles. The van der Waals surface area contributed by atoms with E-state index in [1.807, 2.05) is 6.07 Å². The highest BCUT2D eigenvalue weighted by molar-refractivity contribution is 7.15. The van der Waals surface area contributed by atoms with Gasteiger partial charge in [0.15, 0.2) is 0 Å². The van der Waals surface area contributed by atoms with Crippen molar-refractivity contribution >= 4 is 29.2 Å². The van der Waals surface area contributed by atoms with Crippen LogP contribution in [0.4, 0.5) is 5.95 Å². The summed E-state index contributed by atoms with van der Waals surface area (Å²) in [5.74, 6) is -0.446. The van der Waals surface area contributed by atoms with E-state index in [0.29, 0.717) is 11.4 Å². The van der Waals surface area contributed by atoms with Crippen molar-refractivity contribution < 1.29 is 14.7 Å². The maximum absolute atomic E-state index is 12.0. The fraction of sp³-hybridized carbons (Fsp3) is 0.412. The van der Waals surface area contributed by atoms with E-state index in [1.165, 1.54) is 6.07 Å². The van der Waals surface area contributed by atoms with E-state index in [4.69, 9.17) is 5.11 Å². The van der Waals surface area contributed by atoms with E-state index in [1.54, 1.807) is 18.5 Å². The van der Waals surface area contributed by atoms with E-state index in [9.17, 15) is 9.59 Å². The largest absolute Gasteiger partial charge is 0.477 e. The van der Waals surface area contributed by atoms with Crippen LogP contribution in [-0.4, -0.2) is 71.1 Å². The van der Waals surface area contributed by atoms with Crippen LogP contribution in [0.3, 0.4) is 0 Å². The molecule has 0 radical (unpaired) electrons. The van der Waals surface area contributed by atoms with Crippen LogP contribution in [0.25, 0.3) is 0 Å². The first-order valence-electron chi connectivity index (χ1n) is 8.49. The molecule has 1 amide bonds. The van der Waals surface area contributed by atoms with Crippen LogP contribution >= 0.6 is 11.3 Å². The molecule has 9 heteroatoms. The Morgan fingerprint density at radius 3 is 2.46 bits per heavy atom. The van der Waals surface area contributed by atoms with Crippen LogP contribution < -0.4 is 10.2 Å². The van der Waals surface area contributed by atoms with Crippen molar-refractivity contribution in [2.45, 2.75) is 6.42 Å². The lowest BCUT2D eigenvalue weighted by Gasteiger charge is -2.34. The fourth-order valence-electron chi connectivity index (χ4n) is 2.79. The number of carbonyl (C=O) groups is 2. The third-order valence-electron chi connectivity index (χ3n) is 4.18. The number of aromatic carboxylic acids is 1. The third kappa shape index (κ3) is 4.77. The standard InChI is InChI=1S/C17H21N5O3S/c23-15(13-3-4-14(26-13)16(24)25)18-7-2-8-21-9-11-22(12-10-21)17-19-5-1-6-20-17/h1,3-6H,2,7-12H2,(H,18,23)(H,24,25). The van der Waals surface area contributed by atoms with E-state index in [2.05, 4.69) is 25.1 Å². The first-order chi connectivity index (χ1) is 12.6. The van der Waals surface area contributed by atoms with Crippen molar-refractivity contribution in [2.75, 3.05) is 44.2 Å². The molecule has 0 spiro atoms. The molecule has 0 unspecified atom stereocenters. The van der Waals surface area contributed by atoms with Gasteiger partial charge in [-0.1, -0.05) is 0 Å². The second-order valence-electron chi connectivity index (χ2n) is 5.96. The molecular weight excluding hydrogens is 354 g/mol. The summed E-state index contributed by atoms with van der Waals surface area (Å²) < 4.78 is 0. The lowest BCUT2D eigenvalue weighted by molar-refractivity contribution is 0.0702. The SMILES string of the molecule is O=C(O)c1ccc(C(=O)NCCCN2CCN(c3ncccn3)CC2)s1. The zero-order valence-corrected chi connectivity index (χ0v) is 15.1. The molecule has 2 N–H and O–H groups in total. The molecule has 8 nitrogen and oxygen atoms in total. The minimum absolute atomic E-state index is 0.176. The minimum atomic E-state index is -1.01. The van der Waals surface area contributed by atoms with Gasteiger partial charge in [-0.2, -0.15) is 0 Å². The summed E-state index contributed by atoms with van der Waals surface area (Å²) in [6.07, 6.45) is 4.36. The van der Waals surface area contributed by atoms with Gasteiger partial charge in [-0.25, -0.2) is 14.8 Å². The molecule has 1 fully saturated rings. The van der Waals surface area contributed by atoms with Gasteiger partial charge in [0.05, 0.1) is 4.88 Å². The second kappa shape index (κ2) is 8.72. The summed E-state index contributed by atoms with van der Waals surface area (Å²) in [6, 6.07) is 4.82. The highest BCUT2D eigenvalue weighted by atomic mass is 32.1. The van der Waals surface area contributed by atoms with Gasteiger partial charge in [-0.05, 0) is 31.2 Å². The Bertz CT molecular complexity index is 744. The Labute approximate surface area is 155 Å². The minimum Gasteiger partial charge on any atom is -0.477 e. The molecule has 3 rings (SSSR count). The van der Waals surface area contributed by atoms with Crippen LogP contribution in [0.2, 0.25) is 0 Å². The van der Waals surface area contributed by atoms with E-state index >= 15 is 0 Å². The number of carboxylic acids is 1. The number of hydrogen-bond acceptors (Lipinski definition) is 7. The van der Waals surface area contributed by atoms with Crippen LogP contribution in [0.1, 0.15) is 25.8 Å². The Kier molecular flexibility index (Phi) is 6.13. The van der Waals surface area contributed by atoms with E-state index in [-0.39, 0.29) is 10.8 Å². The number of nitrogens with one attached hydrogen (secondary N) is 1. The highest BCUT2D eigenvalue weighted by Gasteiger charge is 2.18. The number of nitrogens with zero attached hydrogens (tertiary/aromatic N) is 4. The Morgan fingerprint density at radius 1 is 1.12 bits per heavy atom. The van der Waals surface area contributed by atoms with E-state index in [0.717, 1.165) is 56.4 Å². The third-order valence-corrected chi connectivity index (χ3v) is 5.26. The van der Waals surface area contributed by atoms with Gasteiger partial charge in [-0.3, -0.25) is 9.69 Å². The molecule has 1 aliphatic heterocycles. The topological polar surface area (TPSA) is 98.7 Å². The lowest BCUT2D eigenvalue weighted by Crippen LogP contribution is -2.47. The monoisotopic (exact) mass is 375 g/mol. The van der Waals surface area contributed by atoms with Gasteiger partial charge in [0.25, 0.3) is 5.91 Å². The number of carboxylic acid groups (broad SMARTS) is 1. The number of rotatable bonds is 7. The lowest BCUT2D eigenvalue weighted by atomic mass is 10.3. The number of amides is 1. The molecule has 138 valence electrons. The Hall–Kier alpha value is -2.52. The first kappa shape index (κ1) is 18.3. The summed E-state index contributed by atoms with van der Waals surface area (Å²) in [6.45, 7) is 5.15. The maximum Gasteiger partial charge on any atom is 0.345 e. The molecule has 0 bridgehead atoms. The van der Waals surface area contributed by atoms with Crippen molar-refractivity contribution in [3.05, 3.63) is 40.3 Å². The van der Waals surface area contributed by atoms with Crippen molar-refractivity contribution in [3.63, 3.8) is 0 Å². The molecular formula is C17H21N5O3S. The van der Waals surface area contributed by atoms with Crippen molar-refractivity contribution in [1.82, 2.24) is 20.2 Å². The smallest absolute Gasteiger partial charge is 0.345 e. The number of aromatic nitrogens is 2. The van der Waals surface area contributed by atoms with Gasteiger partial charge in [0.2, 0.25) is 5.95 Å². The summed E-state index contributed by atoms with van der Waals surface area (Å²) in [7, 11) is 0. The summed E-state index contributed by atoms with van der Waals surface area (Å²) in [5, 5.41) is 11.7. The van der Waals surface area contributed by atoms with Crippen LogP contribution in [0.5, 0.6) is 0 Å². The zero-order valence-electron chi connectivity index (χ0n) is 14.3. The summed E-state index contributed by atoms with van der Waals surface area (Å²) in [4.78, 5) is 36.5. The summed E-state index contributed by atoms with van der Waals surface area (Å²) >= 11 is 0.994. The van der Waals surface area contributed by atoms with Gasteiger partial charge in [-0.15, -0.1) is 11.3 Å². The van der Waals surface area contributed by atoms with Gasteiger partial charge < -0.3 is 15.3 Å². The normalized spacial score (nSPS) is 15.0. The highest BCUT2D eigenvalue weighted by Crippen LogP contribution is 2.16. The van der Waals surface area contributed by atoms with Crippen molar-refractivity contribution in [3.8, 4) is 0 Å². The molecule has 0 aromatic carbocycles. The number of piperazine rings is 1. The average Bonchev–Trinajstić information content (AvgIpc) is 3.17. The molecule has 0 saturated carbocycles. The van der Waals surface area contributed by atoms with Crippen LogP contribution in [0.15, 0.2) is 30.6 Å². The first-order valence-corrected chi connectivity index (χ1v) is 9.31. The van der Waals surface area contributed by atoms with Gasteiger partial charge >= 0.3 is 5.97 Å². The summed E-state index contributed by atoms with van der Waals surface area (Å²) in [5.41, 5.74) is 0. The maximum atomic E-state index is 12.0. The number of carbonyl (C=O) groups excluding carboxylic acids is 1. The second-order valence-corrected chi connectivity index (χ2v) is 7.04. The molecule has 0 atom stereocenters. The van der Waals surface area contributed by atoms with Crippen molar-refractivity contribution in [1.29, 1.82) is 0 Å². The van der Waals surface area contributed by atoms with E-state index < -0.39 is 5.97 Å². The predicted molar refractivity (Wildman–Crippen MR) is 98.9 cm³/mol. The molecule has 26 heavy (non-hydrogen) atoms. The molecule has 0 aliphatic carbocycles. The average molecular weight is 375 g/mol. The van der Waals surface area contributed by atoms with Gasteiger partial charge in [0, 0.05) is 45.1 Å². The zero-order chi connectivity index (χ0) is 18.4. The number of hydrogen-bond donors (Lipinski definition) is 2. The quantitative estimate of drug-likeness (QED) is 0.701. The Balaban J connectivity index is 1.34. The molecule has 2 aromatic heterocycles. The van der Waals surface area contributed by atoms with Crippen molar-refractivity contribution in [2.24, 2.45) is 0 Å². The predicted octanol–water partition coefficient (Wildman–Crippen LogP) is 1.18. The van der Waals surface area contributed by atoms with Crippen LogP contribution in [0, 0.1) is 0 Å². The Morgan fingerprint density at radius 2 is 1.81 bits per heavy atom. The number of thiophene rings is 1. The molecule has 1 aliphatic rings. The fourth-order valence-corrected chi connectivity index (χ4v) is 3.55. The molecule has 2 aromatic rings. The molecule has 1 saturated heterocycles. The van der Waals surface area contributed by atoms with Crippen LogP contribution in [-0.2, 0) is 0 Å². The van der Waals surface area contributed by atoms with Gasteiger partial charge in [0.1, 0.15) is 4.88 Å². The number of anilines is 1.